The van der Waals surface area contributed by atoms with E-state index in [4.69, 9.17) is 5.73 Å². The van der Waals surface area contributed by atoms with Crippen LogP contribution in [0.15, 0.2) is 27.8 Å². The highest BCUT2D eigenvalue weighted by Gasteiger charge is 2.18. The van der Waals surface area contributed by atoms with Crippen molar-refractivity contribution >= 4 is 27.5 Å². The normalized spacial score (nSPS) is 11.2. The van der Waals surface area contributed by atoms with E-state index in [1.807, 2.05) is 32.9 Å². The number of H-pyrrole nitrogens is 1. The zero-order valence-corrected chi connectivity index (χ0v) is 15.8. The quantitative estimate of drug-likeness (QED) is 0.721. The molecule has 0 radical (unpaired) electrons. The number of hydrogen-bond acceptors (Lipinski definition) is 4. The second-order valence-electron chi connectivity index (χ2n) is 6.49. The molecule has 7 heteroatoms. The first-order valence-corrected chi connectivity index (χ1v) is 9.23. The van der Waals surface area contributed by atoms with Gasteiger partial charge in [-0.1, -0.05) is 18.2 Å². The van der Waals surface area contributed by atoms with E-state index >= 15 is 0 Å². The molecule has 1 amide bonds. The number of thiophene rings is 1. The lowest BCUT2D eigenvalue weighted by Gasteiger charge is -2.07. The number of rotatable bonds is 5. The lowest BCUT2D eigenvalue weighted by molar-refractivity contribution is -0.118. The third-order valence-electron chi connectivity index (χ3n) is 4.61. The molecular weight excluding hydrogens is 350 g/mol. The number of aromatic amines is 1. The Morgan fingerprint density at radius 2 is 1.92 bits per heavy atom. The molecule has 0 saturated heterocycles. The fraction of sp³-hybridized carbons (Fsp3) is 0.316. The van der Waals surface area contributed by atoms with Crippen LogP contribution in [0.1, 0.15) is 28.8 Å². The minimum atomic E-state index is -0.458. The number of carbonyl (C=O) groups is 1. The molecule has 0 bridgehead atoms. The molecule has 3 rings (SSSR count). The monoisotopic (exact) mass is 371 g/mol. The second-order valence-corrected chi connectivity index (χ2v) is 7.72. The van der Waals surface area contributed by atoms with Crippen molar-refractivity contribution in [1.82, 2.24) is 9.55 Å². The smallest absolute Gasteiger partial charge is 0.329 e. The van der Waals surface area contributed by atoms with Crippen LogP contribution >= 0.6 is 11.3 Å². The first kappa shape index (κ1) is 18.1. The van der Waals surface area contributed by atoms with Crippen LogP contribution in [-0.2, 0) is 11.3 Å². The summed E-state index contributed by atoms with van der Waals surface area (Å²) in [5.74, 6) is -0.447. The number of hydrogen-bond donors (Lipinski definition) is 2. The predicted octanol–water partition coefficient (Wildman–Crippen LogP) is 2.61. The Bertz CT molecular complexity index is 1120. The van der Waals surface area contributed by atoms with Gasteiger partial charge in [-0.15, -0.1) is 11.3 Å². The summed E-state index contributed by atoms with van der Waals surface area (Å²) in [4.78, 5) is 40.6. The second kappa shape index (κ2) is 6.92. The third-order valence-corrected chi connectivity index (χ3v) is 5.63. The van der Waals surface area contributed by atoms with E-state index in [1.165, 1.54) is 16.9 Å². The van der Waals surface area contributed by atoms with E-state index in [0.717, 1.165) is 26.1 Å². The van der Waals surface area contributed by atoms with E-state index in [2.05, 4.69) is 11.1 Å². The van der Waals surface area contributed by atoms with E-state index in [1.54, 1.807) is 0 Å². The van der Waals surface area contributed by atoms with Crippen molar-refractivity contribution in [3.05, 3.63) is 55.0 Å². The Morgan fingerprint density at radius 1 is 1.19 bits per heavy atom. The Kier molecular flexibility index (Phi) is 4.82. The molecule has 0 aliphatic rings. The van der Waals surface area contributed by atoms with Crippen LogP contribution in [0.25, 0.3) is 21.3 Å². The van der Waals surface area contributed by atoms with Crippen LogP contribution in [-0.4, -0.2) is 15.5 Å². The van der Waals surface area contributed by atoms with E-state index < -0.39 is 11.6 Å². The molecule has 0 unspecified atom stereocenters. The zero-order chi connectivity index (χ0) is 19.0. The zero-order valence-electron chi connectivity index (χ0n) is 15.0. The molecule has 2 heterocycles. The van der Waals surface area contributed by atoms with E-state index in [-0.39, 0.29) is 18.5 Å². The molecule has 26 heavy (non-hydrogen) atoms. The first-order valence-electron chi connectivity index (χ1n) is 8.41. The molecule has 3 N–H and O–H groups in total. The number of aryl methyl sites for hydroxylation is 3. The maximum atomic E-state index is 13.0. The van der Waals surface area contributed by atoms with Crippen molar-refractivity contribution in [3.63, 3.8) is 0 Å². The SMILES string of the molecule is Cc1ccc(-c2c(C)sc3[nH]c(=O)n(CCCC(N)=O)c(=O)c23)cc1C. The van der Waals surface area contributed by atoms with Crippen LogP contribution < -0.4 is 17.0 Å². The van der Waals surface area contributed by atoms with Gasteiger partial charge in [-0.3, -0.25) is 19.1 Å². The lowest BCUT2D eigenvalue weighted by Crippen LogP contribution is -2.35. The van der Waals surface area contributed by atoms with Gasteiger partial charge < -0.3 is 5.73 Å². The summed E-state index contributed by atoms with van der Waals surface area (Å²) in [6, 6.07) is 6.09. The van der Waals surface area contributed by atoms with Crippen molar-refractivity contribution in [2.45, 2.75) is 40.2 Å². The van der Waals surface area contributed by atoms with E-state index in [0.29, 0.717) is 16.6 Å². The number of nitrogens with zero attached hydrogens (tertiary/aromatic N) is 1. The molecule has 136 valence electrons. The number of nitrogens with two attached hydrogens (primary N) is 1. The maximum absolute atomic E-state index is 13.0. The molecule has 2 aromatic heterocycles. The summed E-state index contributed by atoms with van der Waals surface area (Å²) in [5.41, 5.74) is 8.51. The van der Waals surface area contributed by atoms with Gasteiger partial charge in [0.1, 0.15) is 4.83 Å². The Morgan fingerprint density at radius 3 is 2.58 bits per heavy atom. The van der Waals surface area contributed by atoms with Gasteiger partial charge in [0.25, 0.3) is 5.56 Å². The van der Waals surface area contributed by atoms with Gasteiger partial charge >= 0.3 is 5.69 Å². The number of carbonyl (C=O) groups excluding carboxylic acids is 1. The summed E-state index contributed by atoms with van der Waals surface area (Å²) in [5, 5.41) is 0.523. The summed E-state index contributed by atoms with van der Waals surface area (Å²) >= 11 is 1.41. The van der Waals surface area contributed by atoms with Gasteiger partial charge in [0.2, 0.25) is 5.91 Å². The minimum absolute atomic E-state index is 0.136. The number of fused-ring (bicyclic) bond motifs is 1. The van der Waals surface area contributed by atoms with Gasteiger partial charge in [0.15, 0.2) is 0 Å². The number of nitrogens with one attached hydrogen (secondary N) is 1. The minimum Gasteiger partial charge on any atom is -0.370 e. The number of amides is 1. The first-order chi connectivity index (χ1) is 12.3. The summed E-state index contributed by atoms with van der Waals surface area (Å²) in [6.45, 7) is 6.19. The standard InChI is InChI=1S/C19H21N3O3S/c1-10-6-7-13(9-11(10)2)15-12(3)26-17-16(15)18(24)22(19(25)21-17)8-4-5-14(20)23/h6-7,9H,4-5,8H2,1-3H3,(H2,20,23)(H,21,25). The Hall–Kier alpha value is -2.67. The highest BCUT2D eigenvalue weighted by atomic mass is 32.1. The molecule has 0 saturated carbocycles. The summed E-state index contributed by atoms with van der Waals surface area (Å²) < 4.78 is 1.15. The van der Waals surface area contributed by atoms with Gasteiger partial charge in [-0.2, -0.15) is 0 Å². The van der Waals surface area contributed by atoms with Crippen LogP contribution in [0.3, 0.4) is 0 Å². The molecular formula is C19H21N3O3S. The third kappa shape index (κ3) is 3.22. The van der Waals surface area contributed by atoms with Crippen LogP contribution in [0.5, 0.6) is 0 Å². The highest BCUT2D eigenvalue weighted by molar-refractivity contribution is 7.19. The number of aromatic nitrogens is 2. The van der Waals surface area contributed by atoms with Gasteiger partial charge in [-0.25, -0.2) is 4.79 Å². The molecule has 3 aromatic rings. The predicted molar refractivity (Wildman–Crippen MR) is 105 cm³/mol. The van der Waals surface area contributed by atoms with Gasteiger partial charge in [-0.05, 0) is 43.9 Å². The van der Waals surface area contributed by atoms with Crippen molar-refractivity contribution in [1.29, 1.82) is 0 Å². The van der Waals surface area contributed by atoms with Crippen LogP contribution in [0.4, 0.5) is 0 Å². The maximum Gasteiger partial charge on any atom is 0.329 e. The van der Waals surface area contributed by atoms with Crippen LogP contribution in [0.2, 0.25) is 0 Å². The van der Waals surface area contributed by atoms with Crippen molar-refractivity contribution in [2.24, 2.45) is 5.73 Å². The summed E-state index contributed by atoms with van der Waals surface area (Å²) in [7, 11) is 0. The van der Waals surface area contributed by atoms with Gasteiger partial charge in [0.05, 0.1) is 5.39 Å². The fourth-order valence-electron chi connectivity index (χ4n) is 3.09. The topological polar surface area (TPSA) is 97.9 Å². The van der Waals surface area contributed by atoms with E-state index in [9.17, 15) is 14.4 Å². The largest absolute Gasteiger partial charge is 0.370 e. The van der Waals surface area contributed by atoms with Crippen molar-refractivity contribution in [2.75, 3.05) is 0 Å². The van der Waals surface area contributed by atoms with Crippen LogP contribution in [0, 0.1) is 20.8 Å². The molecule has 0 fully saturated rings. The molecule has 0 aliphatic heterocycles. The number of primary amides is 1. The average Bonchev–Trinajstić information content (AvgIpc) is 2.89. The van der Waals surface area contributed by atoms with Gasteiger partial charge in [0, 0.05) is 23.4 Å². The number of benzene rings is 1. The van der Waals surface area contributed by atoms with Crippen molar-refractivity contribution in [3.8, 4) is 11.1 Å². The fourth-order valence-corrected chi connectivity index (χ4v) is 4.15. The molecule has 0 atom stereocenters. The average molecular weight is 371 g/mol. The summed E-state index contributed by atoms with van der Waals surface area (Å²) in [6.07, 6.45) is 0.489. The molecule has 6 nitrogen and oxygen atoms in total. The Labute approximate surface area is 154 Å². The molecule has 0 aliphatic carbocycles. The van der Waals surface area contributed by atoms with Crippen molar-refractivity contribution < 1.29 is 4.79 Å². The Balaban J connectivity index is 2.20. The highest BCUT2D eigenvalue weighted by Crippen LogP contribution is 2.35. The molecule has 1 aromatic carbocycles. The molecule has 0 spiro atoms. The lowest BCUT2D eigenvalue weighted by atomic mass is 9.99.